The van der Waals surface area contributed by atoms with Crippen molar-refractivity contribution in [3.05, 3.63) is 59.4 Å². The number of hydrogen-bond donors (Lipinski definition) is 1. The summed E-state index contributed by atoms with van der Waals surface area (Å²) in [6.07, 6.45) is 0. The van der Waals surface area contributed by atoms with Crippen LogP contribution in [-0.4, -0.2) is 7.05 Å². The minimum atomic E-state index is -0.676. The van der Waals surface area contributed by atoms with Crippen LogP contribution in [0.1, 0.15) is 5.56 Å². The van der Waals surface area contributed by atoms with Crippen molar-refractivity contribution in [2.75, 3.05) is 7.05 Å². The van der Waals surface area contributed by atoms with Crippen LogP contribution in [0.5, 0.6) is 0 Å². The summed E-state index contributed by atoms with van der Waals surface area (Å²) >= 11 is 0. The van der Waals surface area contributed by atoms with Gasteiger partial charge in [0.05, 0.1) is 0 Å². The Hall–Kier alpha value is -1.81. The molecule has 0 amide bonds. The third-order valence-corrected chi connectivity index (χ3v) is 2.62. The van der Waals surface area contributed by atoms with Crippen molar-refractivity contribution < 1.29 is 13.2 Å². The molecule has 0 unspecified atom stereocenters. The van der Waals surface area contributed by atoms with E-state index in [0.29, 0.717) is 23.2 Å². The Bertz CT molecular complexity index is 547. The smallest absolute Gasteiger partial charge is 0.128 e. The lowest BCUT2D eigenvalue weighted by molar-refractivity contribution is 0.583. The molecule has 94 valence electrons. The van der Waals surface area contributed by atoms with Crippen molar-refractivity contribution in [1.29, 1.82) is 0 Å². The van der Waals surface area contributed by atoms with Crippen molar-refractivity contribution in [3.8, 4) is 11.1 Å². The third kappa shape index (κ3) is 2.71. The molecule has 0 atom stereocenters. The van der Waals surface area contributed by atoms with Crippen molar-refractivity contribution in [3.63, 3.8) is 0 Å². The summed E-state index contributed by atoms with van der Waals surface area (Å²) in [7, 11) is 1.72. The number of benzene rings is 2. The van der Waals surface area contributed by atoms with Gasteiger partial charge in [0.15, 0.2) is 0 Å². The predicted molar refractivity (Wildman–Crippen MR) is 64.5 cm³/mol. The number of halogens is 3. The van der Waals surface area contributed by atoms with Gasteiger partial charge in [-0.05, 0) is 36.4 Å². The zero-order valence-corrected chi connectivity index (χ0v) is 9.81. The van der Waals surface area contributed by atoms with E-state index in [4.69, 9.17) is 0 Å². The number of hydrogen-bond acceptors (Lipinski definition) is 1. The molecule has 18 heavy (non-hydrogen) atoms. The summed E-state index contributed by atoms with van der Waals surface area (Å²) in [4.78, 5) is 0. The first kappa shape index (κ1) is 12.6. The van der Waals surface area contributed by atoms with E-state index in [1.165, 1.54) is 18.2 Å². The highest BCUT2D eigenvalue weighted by Gasteiger charge is 2.07. The number of nitrogens with one attached hydrogen (secondary N) is 1. The maximum absolute atomic E-state index is 13.7. The molecular weight excluding hydrogens is 239 g/mol. The molecule has 0 radical (unpaired) electrons. The van der Waals surface area contributed by atoms with E-state index < -0.39 is 17.5 Å². The summed E-state index contributed by atoms with van der Waals surface area (Å²) in [5.74, 6) is -1.75. The molecule has 0 aliphatic carbocycles. The molecule has 0 fully saturated rings. The highest BCUT2D eigenvalue weighted by atomic mass is 19.1. The van der Waals surface area contributed by atoms with Crippen LogP contribution in [0.4, 0.5) is 13.2 Å². The molecule has 2 rings (SSSR count). The maximum atomic E-state index is 13.7. The summed E-state index contributed by atoms with van der Waals surface area (Å²) in [5.41, 5.74) is 1.28. The molecule has 0 saturated heterocycles. The van der Waals surface area contributed by atoms with Gasteiger partial charge in [0.1, 0.15) is 17.5 Å². The van der Waals surface area contributed by atoms with E-state index in [2.05, 4.69) is 5.32 Å². The Kier molecular flexibility index (Phi) is 3.67. The van der Waals surface area contributed by atoms with Gasteiger partial charge < -0.3 is 5.32 Å². The molecule has 4 heteroatoms. The van der Waals surface area contributed by atoms with Gasteiger partial charge in [-0.2, -0.15) is 0 Å². The molecule has 0 bridgehead atoms. The summed E-state index contributed by atoms with van der Waals surface area (Å²) in [6, 6.07) is 7.66. The molecule has 0 aliphatic heterocycles. The Morgan fingerprint density at radius 1 is 0.889 bits per heavy atom. The molecule has 0 spiro atoms. The molecule has 2 aromatic rings. The van der Waals surface area contributed by atoms with Gasteiger partial charge in [-0.3, -0.25) is 0 Å². The normalized spacial score (nSPS) is 10.7. The third-order valence-electron chi connectivity index (χ3n) is 2.62. The fourth-order valence-electron chi connectivity index (χ4n) is 1.78. The minimum Gasteiger partial charge on any atom is -0.316 e. The van der Waals surface area contributed by atoms with Crippen LogP contribution in [0.3, 0.4) is 0 Å². The van der Waals surface area contributed by atoms with Crippen LogP contribution in [-0.2, 0) is 6.54 Å². The van der Waals surface area contributed by atoms with Gasteiger partial charge in [-0.1, -0.05) is 12.1 Å². The van der Waals surface area contributed by atoms with Crippen LogP contribution in [0.2, 0.25) is 0 Å². The van der Waals surface area contributed by atoms with E-state index in [9.17, 15) is 13.2 Å². The van der Waals surface area contributed by atoms with Gasteiger partial charge in [0.2, 0.25) is 0 Å². The maximum Gasteiger partial charge on any atom is 0.128 e. The molecule has 1 nitrogen and oxygen atoms in total. The van der Waals surface area contributed by atoms with Crippen molar-refractivity contribution in [2.45, 2.75) is 6.54 Å². The van der Waals surface area contributed by atoms with E-state index in [1.807, 2.05) is 0 Å². The zero-order valence-electron chi connectivity index (χ0n) is 9.81. The molecular formula is C14H12F3N. The van der Waals surface area contributed by atoms with Crippen molar-refractivity contribution >= 4 is 0 Å². The van der Waals surface area contributed by atoms with E-state index in [1.54, 1.807) is 19.2 Å². The van der Waals surface area contributed by atoms with Gasteiger partial charge in [0.25, 0.3) is 0 Å². The Morgan fingerprint density at radius 3 is 2.11 bits per heavy atom. The van der Waals surface area contributed by atoms with E-state index in [-0.39, 0.29) is 0 Å². The van der Waals surface area contributed by atoms with Crippen LogP contribution in [0.15, 0.2) is 36.4 Å². The highest BCUT2D eigenvalue weighted by Crippen LogP contribution is 2.23. The summed E-state index contributed by atoms with van der Waals surface area (Å²) < 4.78 is 39.8. The largest absolute Gasteiger partial charge is 0.316 e. The zero-order chi connectivity index (χ0) is 13.1. The lowest BCUT2D eigenvalue weighted by Crippen LogP contribution is -2.06. The fourth-order valence-corrected chi connectivity index (χ4v) is 1.78. The molecule has 0 heterocycles. The van der Waals surface area contributed by atoms with Gasteiger partial charge in [0, 0.05) is 18.2 Å². The van der Waals surface area contributed by atoms with E-state index in [0.717, 1.165) is 6.07 Å². The monoisotopic (exact) mass is 251 g/mol. The Morgan fingerprint density at radius 2 is 1.56 bits per heavy atom. The fraction of sp³-hybridized carbons (Fsp3) is 0.143. The van der Waals surface area contributed by atoms with Crippen LogP contribution < -0.4 is 5.32 Å². The first-order chi connectivity index (χ1) is 8.60. The quantitative estimate of drug-likeness (QED) is 0.880. The summed E-state index contributed by atoms with van der Waals surface area (Å²) in [6.45, 7) is 0.406. The second-order valence-electron chi connectivity index (χ2n) is 3.99. The SMILES string of the molecule is CNCc1ccc(-c2cc(F)cc(F)c2)cc1F. The lowest BCUT2D eigenvalue weighted by atomic mass is 10.0. The summed E-state index contributed by atoms with van der Waals surface area (Å²) in [5, 5.41) is 2.84. The minimum absolute atomic E-state index is 0.322. The van der Waals surface area contributed by atoms with Gasteiger partial charge in [-0.25, -0.2) is 13.2 Å². The molecule has 2 aromatic carbocycles. The number of rotatable bonds is 3. The first-order valence-electron chi connectivity index (χ1n) is 5.49. The molecule has 0 saturated carbocycles. The Balaban J connectivity index is 2.42. The lowest BCUT2D eigenvalue weighted by Gasteiger charge is -2.06. The second kappa shape index (κ2) is 5.23. The highest BCUT2D eigenvalue weighted by molar-refractivity contribution is 5.64. The van der Waals surface area contributed by atoms with Crippen molar-refractivity contribution in [1.82, 2.24) is 5.32 Å². The topological polar surface area (TPSA) is 12.0 Å². The predicted octanol–water partition coefficient (Wildman–Crippen LogP) is 3.49. The first-order valence-corrected chi connectivity index (χ1v) is 5.49. The van der Waals surface area contributed by atoms with Crippen LogP contribution in [0, 0.1) is 17.5 Å². The average Bonchev–Trinajstić information content (AvgIpc) is 2.30. The van der Waals surface area contributed by atoms with Crippen LogP contribution in [0.25, 0.3) is 11.1 Å². The van der Waals surface area contributed by atoms with Crippen molar-refractivity contribution in [2.24, 2.45) is 0 Å². The molecule has 0 aromatic heterocycles. The molecule has 0 aliphatic rings. The van der Waals surface area contributed by atoms with Crippen LogP contribution >= 0.6 is 0 Å². The molecule has 1 N–H and O–H groups in total. The van der Waals surface area contributed by atoms with Gasteiger partial charge in [-0.15, -0.1) is 0 Å². The average molecular weight is 251 g/mol. The van der Waals surface area contributed by atoms with Gasteiger partial charge >= 0.3 is 0 Å². The second-order valence-corrected chi connectivity index (χ2v) is 3.99. The standard InChI is InChI=1S/C14H12F3N/c1-18-8-10-3-2-9(6-14(10)17)11-4-12(15)7-13(16)5-11/h2-7,18H,8H2,1H3. The van der Waals surface area contributed by atoms with E-state index >= 15 is 0 Å². The Labute approximate surface area is 103 Å².